The van der Waals surface area contributed by atoms with Gasteiger partial charge in [0.05, 0.1) is 0 Å². The van der Waals surface area contributed by atoms with Crippen molar-refractivity contribution in [1.29, 1.82) is 0 Å². The first-order valence-electron chi connectivity index (χ1n) is 6.80. The Labute approximate surface area is 119 Å². The van der Waals surface area contributed by atoms with Gasteiger partial charge in [-0.2, -0.15) is 0 Å². The number of benzene rings is 1. The van der Waals surface area contributed by atoms with Crippen LogP contribution in [0.4, 0.5) is 0 Å². The second-order valence-electron chi connectivity index (χ2n) is 5.43. The first-order valence-corrected chi connectivity index (χ1v) is 7.18. The van der Waals surface area contributed by atoms with Crippen LogP contribution in [0.25, 0.3) is 0 Å². The molecule has 0 aromatic heterocycles. The van der Waals surface area contributed by atoms with E-state index in [2.05, 4.69) is 6.92 Å². The van der Waals surface area contributed by atoms with Gasteiger partial charge >= 0.3 is 0 Å². The molecule has 0 aliphatic carbocycles. The molecule has 4 heteroatoms. The summed E-state index contributed by atoms with van der Waals surface area (Å²) >= 11 is 6.09. The summed E-state index contributed by atoms with van der Waals surface area (Å²) < 4.78 is 0. The van der Waals surface area contributed by atoms with Crippen molar-refractivity contribution in [2.45, 2.75) is 32.7 Å². The van der Waals surface area contributed by atoms with Gasteiger partial charge in [0.15, 0.2) is 0 Å². The number of carbonyl (C=O) groups is 1. The SMILES string of the molecule is Cc1c(Cl)cccc1C(=O)N1CCC(C)CC1CN. The van der Waals surface area contributed by atoms with E-state index in [1.54, 1.807) is 0 Å². The fourth-order valence-electron chi connectivity index (χ4n) is 2.74. The lowest BCUT2D eigenvalue weighted by Gasteiger charge is -2.38. The van der Waals surface area contributed by atoms with E-state index in [4.69, 9.17) is 17.3 Å². The molecule has 1 saturated heterocycles. The summed E-state index contributed by atoms with van der Waals surface area (Å²) in [5, 5.41) is 0.639. The largest absolute Gasteiger partial charge is 0.334 e. The molecule has 1 heterocycles. The van der Waals surface area contributed by atoms with E-state index in [9.17, 15) is 4.79 Å². The number of nitrogens with zero attached hydrogens (tertiary/aromatic N) is 1. The molecule has 19 heavy (non-hydrogen) atoms. The van der Waals surface area contributed by atoms with Crippen molar-refractivity contribution in [3.8, 4) is 0 Å². The molecule has 1 fully saturated rings. The first-order chi connectivity index (χ1) is 9.04. The molecule has 2 atom stereocenters. The molecule has 1 aromatic rings. The Kier molecular flexibility index (Phi) is 4.48. The minimum atomic E-state index is 0.0577. The quantitative estimate of drug-likeness (QED) is 0.905. The van der Waals surface area contributed by atoms with Gasteiger partial charge in [0.25, 0.3) is 5.91 Å². The number of amides is 1. The van der Waals surface area contributed by atoms with Crippen LogP contribution >= 0.6 is 11.6 Å². The standard InChI is InChI=1S/C15H21ClN2O/c1-10-6-7-18(12(8-10)9-17)15(19)13-4-3-5-14(16)11(13)2/h3-5,10,12H,6-9,17H2,1-2H3. The number of likely N-dealkylation sites (tertiary alicyclic amines) is 1. The van der Waals surface area contributed by atoms with Gasteiger partial charge in [-0.1, -0.05) is 24.6 Å². The predicted molar refractivity (Wildman–Crippen MR) is 78.5 cm³/mol. The molecule has 2 N–H and O–H groups in total. The summed E-state index contributed by atoms with van der Waals surface area (Å²) in [6.45, 7) is 5.41. The van der Waals surface area contributed by atoms with Crippen LogP contribution < -0.4 is 5.73 Å². The van der Waals surface area contributed by atoms with Gasteiger partial charge in [-0.05, 0) is 43.4 Å². The molecule has 0 spiro atoms. The van der Waals surface area contributed by atoms with E-state index in [1.807, 2.05) is 30.0 Å². The van der Waals surface area contributed by atoms with Gasteiger partial charge in [-0.15, -0.1) is 0 Å². The van der Waals surface area contributed by atoms with Gasteiger partial charge in [-0.3, -0.25) is 4.79 Å². The maximum atomic E-state index is 12.7. The second-order valence-corrected chi connectivity index (χ2v) is 5.84. The van der Waals surface area contributed by atoms with Gasteiger partial charge in [0.2, 0.25) is 0 Å². The van der Waals surface area contributed by atoms with E-state index >= 15 is 0 Å². The molecule has 1 aromatic carbocycles. The number of carbonyl (C=O) groups excluding carboxylic acids is 1. The third-order valence-corrected chi connectivity index (χ3v) is 4.42. The molecule has 1 amide bonds. The molecule has 1 aliphatic rings. The summed E-state index contributed by atoms with van der Waals surface area (Å²) in [4.78, 5) is 14.6. The van der Waals surface area contributed by atoms with Crippen molar-refractivity contribution in [2.24, 2.45) is 11.7 Å². The molecule has 0 radical (unpaired) electrons. The van der Waals surface area contributed by atoms with Crippen LogP contribution in [0, 0.1) is 12.8 Å². The highest BCUT2D eigenvalue weighted by atomic mass is 35.5. The minimum Gasteiger partial charge on any atom is -0.334 e. The maximum absolute atomic E-state index is 12.7. The number of rotatable bonds is 2. The Hall–Kier alpha value is -1.06. The molecule has 3 nitrogen and oxygen atoms in total. The highest BCUT2D eigenvalue weighted by Gasteiger charge is 2.30. The van der Waals surface area contributed by atoms with Crippen molar-refractivity contribution >= 4 is 17.5 Å². The molecular formula is C15H21ClN2O. The van der Waals surface area contributed by atoms with Crippen LogP contribution in [0.1, 0.15) is 35.7 Å². The molecule has 2 rings (SSSR count). The topological polar surface area (TPSA) is 46.3 Å². The third-order valence-electron chi connectivity index (χ3n) is 4.01. The van der Waals surface area contributed by atoms with Crippen molar-refractivity contribution in [2.75, 3.05) is 13.1 Å². The van der Waals surface area contributed by atoms with Crippen LogP contribution in [0.15, 0.2) is 18.2 Å². The van der Waals surface area contributed by atoms with Crippen molar-refractivity contribution in [3.05, 3.63) is 34.3 Å². The lowest BCUT2D eigenvalue weighted by molar-refractivity contribution is 0.0573. The summed E-state index contributed by atoms with van der Waals surface area (Å²) in [5.74, 6) is 0.695. The predicted octanol–water partition coefficient (Wildman–Crippen LogP) is 2.85. The van der Waals surface area contributed by atoms with Crippen LogP contribution in [0.5, 0.6) is 0 Å². The van der Waals surface area contributed by atoms with E-state index < -0.39 is 0 Å². The van der Waals surface area contributed by atoms with E-state index in [0.29, 0.717) is 23.0 Å². The van der Waals surface area contributed by atoms with Crippen molar-refractivity contribution in [3.63, 3.8) is 0 Å². The highest BCUT2D eigenvalue weighted by Crippen LogP contribution is 2.26. The Bertz CT molecular complexity index is 475. The lowest BCUT2D eigenvalue weighted by Crippen LogP contribution is -2.49. The minimum absolute atomic E-state index is 0.0577. The lowest BCUT2D eigenvalue weighted by atomic mass is 9.91. The number of hydrogen-bond donors (Lipinski definition) is 1. The zero-order chi connectivity index (χ0) is 14.0. The highest BCUT2D eigenvalue weighted by molar-refractivity contribution is 6.31. The summed E-state index contributed by atoms with van der Waals surface area (Å²) in [7, 11) is 0. The van der Waals surface area contributed by atoms with Crippen LogP contribution in [0.3, 0.4) is 0 Å². The number of halogens is 1. The van der Waals surface area contributed by atoms with Gasteiger partial charge < -0.3 is 10.6 Å². The van der Waals surface area contributed by atoms with Gasteiger partial charge in [0, 0.05) is 29.7 Å². The van der Waals surface area contributed by atoms with Crippen LogP contribution in [-0.2, 0) is 0 Å². The van der Waals surface area contributed by atoms with E-state index in [1.165, 1.54) is 0 Å². The summed E-state index contributed by atoms with van der Waals surface area (Å²) in [5.41, 5.74) is 7.37. The van der Waals surface area contributed by atoms with E-state index in [0.717, 1.165) is 24.9 Å². The van der Waals surface area contributed by atoms with Crippen molar-refractivity contribution in [1.82, 2.24) is 4.90 Å². The zero-order valence-electron chi connectivity index (χ0n) is 11.5. The monoisotopic (exact) mass is 280 g/mol. The molecule has 2 unspecified atom stereocenters. The molecular weight excluding hydrogens is 260 g/mol. The number of hydrogen-bond acceptors (Lipinski definition) is 2. The van der Waals surface area contributed by atoms with Gasteiger partial charge in [0.1, 0.15) is 0 Å². The Balaban J connectivity index is 2.25. The zero-order valence-corrected chi connectivity index (χ0v) is 12.3. The molecule has 0 bridgehead atoms. The molecule has 1 aliphatic heterocycles. The maximum Gasteiger partial charge on any atom is 0.254 e. The summed E-state index contributed by atoms with van der Waals surface area (Å²) in [6.07, 6.45) is 2.03. The second kappa shape index (κ2) is 5.93. The molecule has 104 valence electrons. The Morgan fingerprint density at radius 2 is 2.26 bits per heavy atom. The molecule has 0 saturated carbocycles. The van der Waals surface area contributed by atoms with Crippen LogP contribution in [-0.4, -0.2) is 29.9 Å². The van der Waals surface area contributed by atoms with Gasteiger partial charge in [-0.25, -0.2) is 0 Å². The fourth-order valence-corrected chi connectivity index (χ4v) is 2.91. The average Bonchev–Trinajstić information content (AvgIpc) is 2.41. The number of piperidine rings is 1. The summed E-state index contributed by atoms with van der Waals surface area (Å²) in [6, 6.07) is 5.63. The van der Waals surface area contributed by atoms with E-state index in [-0.39, 0.29) is 11.9 Å². The number of nitrogens with two attached hydrogens (primary N) is 1. The smallest absolute Gasteiger partial charge is 0.254 e. The normalized spacial score (nSPS) is 23.5. The third kappa shape index (κ3) is 2.93. The van der Waals surface area contributed by atoms with Crippen LogP contribution in [0.2, 0.25) is 5.02 Å². The Morgan fingerprint density at radius 1 is 1.53 bits per heavy atom. The average molecular weight is 281 g/mol. The first kappa shape index (κ1) is 14.4. The fraction of sp³-hybridized carbons (Fsp3) is 0.533. The Morgan fingerprint density at radius 3 is 2.95 bits per heavy atom. The van der Waals surface area contributed by atoms with Crippen molar-refractivity contribution < 1.29 is 4.79 Å².